The van der Waals surface area contributed by atoms with E-state index >= 15 is 0 Å². The van der Waals surface area contributed by atoms with E-state index in [0.29, 0.717) is 17.7 Å². The summed E-state index contributed by atoms with van der Waals surface area (Å²) in [5.41, 5.74) is 7.84. The molecule has 1 rings (SSSR count). The zero-order valence-corrected chi connectivity index (χ0v) is 7.55. The van der Waals surface area contributed by atoms with Crippen LogP contribution in [0, 0.1) is 0 Å². The number of nitrogens with two attached hydrogens (primary N) is 1. The number of rotatable bonds is 1. The number of hydrogen-bond donors (Lipinski definition) is 1. The molecule has 1 aliphatic rings. The standard InChI is InChI=1S/C9H14N2O/c1-6(11-2)9-7(10)4-3-5-8(9)12/h3-5,10H2,1-2H3. The molecule has 12 heavy (non-hydrogen) atoms. The molecule has 0 amide bonds. The molecule has 0 aromatic carbocycles. The molecule has 0 aliphatic heterocycles. The Hall–Kier alpha value is -1.12. The Kier molecular flexibility index (Phi) is 2.63. The van der Waals surface area contributed by atoms with Crippen LogP contribution in [0.15, 0.2) is 16.3 Å². The van der Waals surface area contributed by atoms with Crippen molar-refractivity contribution >= 4 is 11.5 Å². The van der Waals surface area contributed by atoms with Crippen molar-refractivity contribution in [1.82, 2.24) is 0 Å². The summed E-state index contributed by atoms with van der Waals surface area (Å²) >= 11 is 0. The lowest BCUT2D eigenvalue weighted by Gasteiger charge is -2.15. The molecule has 0 aromatic heterocycles. The normalized spacial score (nSPS) is 20.2. The molecule has 0 saturated heterocycles. The first kappa shape index (κ1) is 8.97. The predicted molar refractivity (Wildman–Crippen MR) is 49.1 cm³/mol. The average molecular weight is 166 g/mol. The Morgan fingerprint density at radius 3 is 2.67 bits per heavy atom. The summed E-state index contributed by atoms with van der Waals surface area (Å²) in [7, 11) is 1.68. The minimum absolute atomic E-state index is 0.141. The summed E-state index contributed by atoms with van der Waals surface area (Å²) in [5.74, 6) is 0.141. The van der Waals surface area contributed by atoms with E-state index in [2.05, 4.69) is 4.99 Å². The van der Waals surface area contributed by atoms with Gasteiger partial charge in [-0.25, -0.2) is 0 Å². The maximum atomic E-state index is 11.4. The Labute approximate surface area is 72.4 Å². The monoisotopic (exact) mass is 166 g/mol. The third kappa shape index (κ3) is 1.55. The fraction of sp³-hybridized carbons (Fsp3) is 0.556. The van der Waals surface area contributed by atoms with Crippen LogP contribution in [0.5, 0.6) is 0 Å². The summed E-state index contributed by atoms with van der Waals surface area (Å²) in [4.78, 5) is 15.4. The van der Waals surface area contributed by atoms with Crippen molar-refractivity contribution in [2.24, 2.45) is 10.7 Å². The van der Waals surface area contributed by atoms with Gasteiger partial charge in [-0.1, -0.05) is 0 Å². The number of carbonyl (C=O) groups excluding carboxylic acids is 1. The molecule has 0 saturated carbocycles. The Morgan fingerprint density at radius 2 is 2.17 bits per heavy atom. The number of Topliss-reactive ketones (excluding diaryl/α,β-unsaturated/α-hetero) is 1. The zero-order valence-electron chi connectivity index (χ0n) is 7.55. The molecule has 0 radical (unpaired) electrons. The molecule has 0 bridgehead atoms. The van der Waals surface area contributed by atoms with Gasteiger partial charge in [0.2, 0.25) is 0 Å². The maximum absolute atomic E-state index is 11.4. The minimum atomic E-state index is 0.141. The van der Waals surface area contributed by atoms with Gasteiger partial charge in [0.05, 0.1) is 5.57 Å². The largest absolute Gasteiger partial charge is 0.401 e. The van der Waals surface area contributed by atoms with Gasteiger partial charge in [0.25, 0.3) is 0 Å². The summed E-state index contributed by atoms with van der Waals surface area (Å²) in [5, 5.41) is 0. The van der Waals surface area contributed by atoms with Crippen LogP contribution in [0.4, 0.5) is 0 Å². The van der Waals surface area contributed by atoms with Gasteiger partial charge in [0.1, 0.15) is 0 Å². The lowest BCUT2D eigenvalue weighted by atomic mass is 9.92. The number of carbonyl (C=O) groups is 1. The van der Waals surface area contributed by atoms with E-state index in [0.717, 1.165) is 18.6 Å². The highest BCUT2D eigenvalue weighted by Crippen LogP contribution is 2.19. The first-order valence-corrected chi connectivity index (χ1v) is 4.12. The first-order chi connectivity index (χ1) is 5.66. The highest BCUT2D eigenvalue weighted by molar-refractivity contribution is 6.22. The lowest BCUT2D eigenvalue weighted by molar-refractivity contribution is -0.115. The third-order valence-corrected chi connectivity index (χ3v) is 2.15. The molecule has 66 valence electrons. The second-order valence-corrected chi connectivity index (χ2v) is 2.99. The van der Waals surface area contributed by atoms with Gasteiger partial charge in [0.15, 0.2) is 5.78 Å². The topological polar surface area (TPSA) is 55.4 Å². The van der Waals surface area contributed by atoms with Crippen LogP contribution in [0.2, 0.25) is 0 Å². The van der Waals surface area contributed by atoms with Crippen molar-refractivity contribution < 1.29 is 4.79 Å². The molecule has 3 heteroatoms. The minimum Gasteiger partial charge on any atom is -0.401 e. The molecule has 0 spiro atoms. The van der Waals surface area contributed by atoms with Crippen molar-refractivity contribution in [3.63, 3.8) is 0 Å². The highest BCUT2D eigenvalue weighted by atomic mass is 16.1. The number of allylic oxidation sites excluding steroid dienone is 2. The van der Waals surface area contributed by atoms with E-state index in [1.54, 1.807) is 7.05 Å². The van der Waals surface area contributed by atoms with Gasteiger partial charge >= 0.3 is 0 Å². The van der Waals surface area contributed by atoms with E-state index in [-0.39, 0.29) is 5.78 Å². The number of nitrogens with zero attached hydrogens (tertiary/aromatic N) is 1. The summed E-state index contributed by atoms with van der Waals surface area (Å²) in [6.45, 7) is 1.82. The third-order valence-electron chi connectivity index (χ3n) is 2.15. The fourth-order valence-corrected chi connectivity index (χ4v) is 1.41. The summed E-state index contributed by atoms with van der Waals surface area (Å²) < 4.78 is 0. The van der Waals surface area contributed by atoms with Gasteiger partial charge in [-0.2, -0.15) is 0 Å². The predicted octanol–water partition coefficient (Wildman–Crippen LogP) is 1.04. The van der Waals surface area contributed by atoms with Crippen LogP contribution in [0.1, 0.15) is 26.2 Å². The summed E-state index contributed by atoms with van der Waals surface area (Å²) in [6, 6.07) is 0. The van der Waals surface area contributed by atoms with Crippen molar-refractivity contribution in [3.05, 3.63) is 11.3 Å². The zero-order chi connectivity index (χ0) is 9.14. The van der Waals surface area contributed by atoms with E-state index in [1.165, 1.54) is 0 Å². The van der Waals surface area contributed by atoms with Gasteiger partial charge in [-0.15, -0.1) is 0 Å². The van der Waals surface area contributed by atoms with Gasteiger partial charge in [-0.05, 0) is 19.8 Å². The first-order valence-electron chi connectivity index (χ1n) is 4.12. The SMILES string of the molecule is CN=C(C)C1=C(N)CCCC1=O. The Balaban J connectivity index is 3.04. The molecule has 2 N–H and O–H groups in total. The second kappa shape index (κ2) is 3.52. The average Bonchev–Trinajstić information content (AvgIpc) is 2.03. The number of hydrogen-bond acceptors (Lipinski definition) is 3. The van der Waals surface area contributed by atoms with Crippen LogP contribution in [-0.4, -0.2) is 18.5 Å². The van der Waals surface area contributed by atoms with E-state index in [4.69, 9.17) is 5.73 Å². The van der Waals surface area contributed by atoms with Crippen molar-refractivity contribution in [3.8, 4) is 0 Å². The van der Waals surface area contributed by atoms with Crippen molar-refractivity contribution in [1.29, 1.82) is 0 Å². The van der Waals surface area contributed by atoms with Gasteiger partial charge < -0.3 is 5.73 Å². The molecule has 0 unspecified atom stereocenters. The Morgan fingerprint density at radius 1 is 1.50 bits per heavy atom. The molecule has 0 heterocycles. The molecule has 3 nitrogen and oxygen atoms in total. The molecule has 0 aromatic rings. The smallest absolute Gasteiger partial charge is 0.166 e. The van der Waals surface area contributed by atoms with Crippen molar-refractivity contribution in [2.75, 3.05) is 7.05 Å². The molecular weight excluding hydrogens is 152 g/mol. The van der Waals surface area contributed by atoms with Gasteiger partial charge in [0, 0.05) is 24.9 Å². The van der Waals surface area contributed by atoms with Crippen LogP contribution in [-0.2, 0) is 4.79 Å². The Bertz CT molecular complexity index is 264. The number of ketones is 1. The second-order valence-electron chi connectivity index (χ2n) is 2.99. The van der Waals surface area contributed by atoms with E-state index in [9.17, 15) is 4.79 Å². The van der Waals surface area contributed by atoms with Crippen LogP contribution < -0.4 is 5.73 Å². The summed E-state index contributed by atoms with van der Waals surface area (Å²) in [6.07, 6.45) is 2.32. The maximum Gasteiger partial charge on any atom is 0.166 e. The quantitative estimate of drug-likeness (QED) is 0.592. The molecule has 0 fully saturated rings. The van der Waals surface area contributed by atoms with Crippen molar-refractivity contribution in [2.45, 2.75) is 26.2 Å². The van der Waals surface area contributed by atoms with Crippen LogP contribution >= 0.6 is 0 Å². The molecule has 0 atom stereocenters. The number of aliphatic imine (C=N–C) groups is 1. The van der Waals surface area contributed by atoms with Crippen LogP contribution in [0.3, 0.4) is 0 Å². The van der Waals surface area contributed by atoms with E-state index < -0.39 is 0 Å². The molecular formula is C9H14N2O. The molecule has 1 aliphatic carbocycles. The van der Waals surface area contributed by atoms with Crippen LogP contribution in [0.25, 0.3) is 0 Å². The lowest BCUT2D eigenvalue weighted by Crippen LogP contribution is -2.21. The fourth-order valence-electron chi connectivity index (χ4n) is 1.41. The van der Waals surface area contributed by atoms with E-state index in [1.807, 2.05) is 6.92 Å². The van der Waals surface area contributed by atoms with Gasteiger partial charge in [-0.3, -0.25) is 9.79 Å². The highest BCUT2D eigenvalue weighted by Gasteiger charge is 2.20.